The fourth-order valence-electron chi connectivity index (χ4n) is 4.01. The molecule has 4 rings (SSSR count). The molecule has 1 aromatic carbocycles. The maximum atomic E-state index is 13.2. The minimum atomic E-state index is -0.214. The normalized spacial score (nSPS) is 13.3. The monoisotopic (exact) mass is 406 g/mol. The Balaban J connectivity index is 1.57. The number of para-hydroxylation sites is 1. The van der Waals surface area contributed by atoms with Gasteiger partial charge in [-0.3, -0.25) is 14.6 Å². The molecule has 0 radical (unpaired) electrons. The molecule has 7 heteroatoms. The van der Waals surface area contributed by atoms with Crippen molar-refractivity contribution in [2.75, 3.05) is 31.7 Å². The number of nitrogens with one attached hydrogen (secondary N) is 1. The van der Waals surface area contributed by atoms with E-state index in [4.69, 9.17) is 4.74 Å². The number of nitrogens with zero attached hydrogens (tertiary/aromatic N) is 3. The third-order valence-corrected chi connectivity index (χ3v) is 5.51. The van der Waals surface area contributed by atoms with E-state index in [1.807, 2.05) is 36.0 Å². The van der Waals surface area contributed by atoms with Crippen LogP contribution in [0.1, 0.15) is 28.0 Å². The molecule has 0 atom stereocenters. The van der Waals surface area contributed by atoms with Gasteiger partial charge >= 0.3 is 0 Å². The minimum Gasteiger partial charge on any atom is -0.383 e. The molecule has 30 heavy (non-hydrogen) atoms. The topological polar surface area (TPSA) is 76.5 Å². The standard InChI is InChI=1S/C23H26N4O3/c1-26-15-17(18-6-3-4-8-20(18)26)13-22(28)27-10-5-7-19-21(27)12-16(14-25-19)23(29)24-9-11-30-2/h3-4,6,8,12,14-15H,5,7,9-11,13H2,1-2H3,(H,24,29). The lowest BCUT2D eigenvalue weighted by Crippen LogP contribution is -2.37. The first-order valence-electron chi connectivity index (χ1n) is 10.2. The lowest BCUT2D eigenvalue weighted by atomic mass is 10.0. The molecular weight excluding hydrogens is 380 g/mol. The second-order valence-electron chi connectivity index (χ2n) is 7.55. The summed E-state index contributed by atoms with van der Waals surface area (Å²) in [5.41, 5.74) is 4.17. The van der Waals surface area contributed by atoms with Crippen LogP contribution in [0.2, 0.25) is 0 Å². The van der Waals surface area contributed by atoms with Crippen molar-refractivity contribution >= 4 is 28.4 Å². The Labute approximate surface area is 175 Å². The van der Waals surface area contributed by atoms with E-state index in [9.17, 15) is 9.59 Å². The Morgan fingerprint density at radius 2 is 2.10 bits per heavy atom. The molecule has 7 nitrogen and oxygen atoms in total. The van der Waals surface area contributed by atoms with E-state index in [2.05, 4.69) is 16.4 Å². The summed E-state index contributed by atoms with van der Waals surface area (Å²) in [6, 6.07) is 9.87. The molecule has 1 aliphatic rings. The van der Waals surface area contributed by atoms with Gasteiger partial charge in [0.05, 0.1) is 30.0 Å². The number of amides is 2. The zero-order valence-electron chi connectivity index (χ0n) is 17.4. The number of anilines is 1. The highest BCUT2D eigenvalue weighted by atomic mass is 16.5. The third-order valence-electron chi connectivity index (χ3n) is 5.51. The van der Waals surface area contributed by atoms with Crippen molar-refractivity contribution in [3.05, 3.63) is 59.5 Å². The number of benzene rings is 1. The molecule has 0 aliphatic carbocycles. The van der Waals surface area contributed by atoms with Crippen molar-refractivity contribution in [1.29, 1.82) is 0 Å². The van der Waals surface area contributed by atoms with Crippen molar-refractivity contribution in [2.45, 2.75) is 19.3 Å². The van der Waals surface area contributed by atoms with E-state index in [0.717, 1.165) is 40.7 Å². The maximum absolute atomic E-state index is 13.2. The molecule has 156 valence electrons. The van der Waals surface area contributed by atoms with Gasteiger partial charge in [-0.15, -0.1) is 0 Å². The number of ether oxygens (including phenoxy) is 1. The highest BCUT2D eigenvalue weighted by molar-refractivity contribution is 6.00. The van der Waals surface area contributed by atoms with Gasteiger partial charge in [-0.05, 0) is 30.5 Å². The van der Waals surface area contributed by atoms with Crippen LogP contribution in [0.3, 0.4) is 0 Å². The van der Waals surface area contributed by atoms with E-state index in [1.165, 1.54) is 0 Å². The second-order valence-corrected chi connectivity index (χ2v) is 7.55. The number of aromatic nitrogens is 2. The Hall–Kier alpha value is -3.19. The summed E-state index contributed by atoms with van der Waals surface area (Å²) in [6.07, 6.45) is 5.58. The third kappa shape index (κ3) is 3.93. The van der Waals surface area contributed by atoms with E-state index in [-0.39, 0.29) is 11.8 Å². The fraction of sp³-hybridized carbons (Fsp3) is 0.348. The van der Waals surface area contributed by atoms with E-state index in [1.54, 1.807) is 24.3 Å². The van der Waals surface area contributed by atoms with Gasteiger partial charge < -0.3 is 19.5 Å². The van der Waals surface area contributed by atoms with Gasteiger partial charge in [-0.1, -0.05) is 18.2 Å². The average Bonchev–Trinajstić information content (AvgIpc) is 3.08. The summed E-state index contributed by atoms with van der Waals surface area (Å²) >= 11 is 0. The SMILES string of the molecule is COCCNC(=O)c1cnc2c(c1)N(C(=O)Cc1cn(C)c3ccccc13)CCC2. The molecule has 1 aliphatic heterocycles. The first-order chi connectivity index (χ1) is 14.6. The van der Waals surface area contributed by atoms with Gasteiger partial charge in [0.1, 0.15) is 0 Å². The lowest BCUT2D eigenvalue weighted by molar-refractivity contribution is -0.118. The summed E-state index contributed by atoms with van der Waals surface area (Å²) in [7, 11) is 3.58. The zero-order chi connectivity index (χ0) is 21.1. The van der Waals surface area contributed by atoms with Crippen molar-refractivity contribution in [1.82, 2.24) is 14.9 Å². The highest BCUT2D eigenvalue weighted by Crippen LogP contribution is 2.28. The molecule has 0 spiro atoms. The predicted octanol–water partition coefficient (Wildman–Crippen LogP) is 2.47. The summed E-state index contributed by atoms with van der Waals surface area (Å²) in [4.78, 5) is 31.9. The van der Waals surface area contributed by atoms with Crippen molar-refractivity contribution in [3.8, 4) is 0 Å². The van der Waals surface area contributed by atoms with Crippen molar-refractivity contribution < 1.29 is 14.3 Å². The molecule has 0 saturated carbocycles. The Morgan fingerprint density at radius 1 is 1.27 bits per heavy atom. The zero-order valence-corrected chi connectivity index (χ0v) is 17.4. The number of carbonyl (C=O) groups excluding carboxylic acids is 2. The van der Waals surface area contributed by atoms with Gasteiger partial charge in [0, 0.05) is 50.5 Å². The number of rotatable bonds is 6. The van der Waals surface area contributed by atoms with Gasteiger partial charge in [0.15, 0.2) is 0 Å². The largest absolute Gasteiger partial charge is 0.383 e. The first kappa shape index (κ1) is 20.1. The number of fused-ring (bicyclic) bond motifs is 2. The minimum absolute atomic E-state index is 0.0195. The molecule has 3 heterocycles. The molecule has 2 amide bonds. The number of pyridine rings is 1. The predicted molar refractivity (Wildman–Crippen MR) is 116 cm³/mol. The van der Waals surface area contributed by atoms with Gasteiger partial charge in [0.2, 0.25) is 5.91 Å². The second kappa shape index (κ2) is 8.67. The van der Waals surface area contributed by atoms with Crippen LogP contribution >= 0.6 is 0 Å². The molecule has 2 aromatic heterocycles. The molecule has 0 saturated heterocycles. The first-order valence-corrected chi connectivity index (χ1v) is 10.2. The average molecular weight is 406 g/mol. The van der Waals surface area contributed by atoms with Crippen molar-refractivity contribution in [2.24, 2.45) is 7.05 Å². The number of hydrogen-bond donors (Lipinski definition) is 1. The molecule has 3 aromatic rings. The van der Waals surface area contributed by atoms with Gasteiger partial charge in [0.25, 0.3) is 5.91 Å². The number of aryl methyl sites for hydroxylation is 2. The summed E-state index contributed by atoms with van der Waals surface area (Å²) in [6.45, 7) is 1.50. The van der Waals surface area contributed by atoms with Crippen molar-refractivity contribution in [3.63, 3.8) is 0 Å². The van der Waals surface area contributed by atoms with Crippen LogP contribution in [0.25, 0.3) is 10.9 Å². The smallest absolute Gasteiger partial charge is 0.253 e. The number of hydrogen-bond acceptors (Lipinski definition) is 4. The Kier molecular flexibility index (Phi) is 5.81. The molecule has 0 fully saturated rings. The summed E-state index contributed by atoms with van der Waals surface area (Å²) in [5.74, 6) is -0.194. The lowest BCUT2D eigenvalue weighted by Gasteiger charge is -2.29. The van der Waals surface area contributed by atoms with Gasteiger partial charge in [-0.25, -0.2) is 0 Å². The van der Waals surface area contributed by atoms with Crippen LogP contribution in [0.5, 0.6) is 0 Å². The summed E-state index contributed by atoms with van der Waals surface area (Å²) < 4.78 is 7.02. The van der Waals surface area contributed by atoms with Crippen LogP contribution < -0.4 is 10.2 Å². The van der Waals surface area contributed by atoms with Crippen LogP contribution in [0, 0.1) is 0 Å². The maximum Gasteiger partial charge on any atom is 0.253 e. The highest BCUT2D eigenvalue weighted by Gasteiger charge is 2.25. The number of methoxy groups -OCH3 is 1. The Morgan fingerprint density at radius 3 is 2.93 bits per heavy atom. The van der Waals surface area contributed by atoms with E-state index in [0.29, 0.717) is 31.7 Å². The Bertz CT molecular complexity index is 1090. The quantitative estimate of drug-likeness (QED) is 0.638. The molecular formula is C23H26N4O3. The van der Waals surface area contributed by atoms with Crippen LogP contribution in [0.4, 0.5) is 5.69 Å². The van der Waals surface area contributed by atoms with E-state index >= 15 is 0 Å². The number of carbonyl (C=O) groups is 2. The molecule has 1 N–H and O–H groups in total. The van der Waals surface area contributed by atoms with Crippen LogP contribution in [0.15, 0.2) is 42.7 Å². The fourth-order valence-corrected chi connectivity index (χ4v) is 4.01. The summed E-state index contributed by atoms with van der Waals surface area (Å²) in [5, 5.41) is 3.90. The molecule has 0 bridgehead atoms. The van der Waals surface area contributed by atoms with Crippen LogP contribution in [-0.4, -0.2) is 48.2 Å². The van der Waals surface area contributed by atoms with E-state index < -0.39 is 0 Å². The van der Waals surface area contributed by atoms with Gasteiger partial charge in [-0.2, -0.15) is 0 Å². The molecule has 0 unspecified atom stereocenters. The van der Waals surface area contributed by atoms with Crippen LogP contribution in [-0.2, 0) is 29.4 Å².